The summed E-state index contributed by atoms with van der Waals surface area (Å²) in [6.07, 6.45) is 1.06. The van der Waals surface area contributed by atoms with Crippen molar-refractivity contribution in [1.29, 1.82) is 0 Å². The number of carboxylic acids is 2. The van der Waals surface area contributed by atoms with Crippen molar-refractivity contribution in [2.24, 2.45) is 0 Å². The average molecular weight is 468 g/mol. The number of rotatable bonds is 11. The molecule has 1 atom stereocenters. The second kappa shape index (κ2) is 10.3. The minimum absolute atomic E-state index is 0.0229. The highest BCUT2D eigenvalue weighted by atomic mass is 16.4. The van der Waals surface area contributed by atoms with E-state index in [1.54, 1.807) is 28.8 Å². The van der Waals surface area contributed by atoms with Crippen LogP contribution in [0.3, 0.4) is 0 Å². The lowest BCUT2D eigenvalue weighted by molar-refractivity contribution is -0.140. The van der Waals surface area contributed by atoms with Gasteiger partial charge in [-0.15, -0.1) is 6.58 Å². The Morgan fingerprint density at radius 2 is 1.94 bits per heavy atom. The summed E-state index contributed by atoms with van der Waals surface area (Å²) in [4.78, 5) is 53.3. The second-order valence-corrected chi connectivity index (χ2v) is 7.45. The van der Waals surface area contributed by atoms with Crippen LogP contribution in [0.2, 0.25) is 0 Å². The zero-order chi connectivity index (χ0) is 24.8. The van der Waals surface area contributed by atoms with Gasteiger partial charge < -0.3 is 31.1 Å². The van der Waals surface area contributed by atoms with Crippen molar-refractivity contribution in [3.8, 4) is 0 Å². The van der Waals surface area contributed by atoms with Crippen LogP contribution in [0.15, 0.2) is 47.8 Å². The van der Waals surface area contributed by atoms with Crippen LogP contribution in [-0.4, -0.2) is 48.6 Å². The molecule has 12 nitrogen and oxygen atoms in total. The summed E-state index contributed by atoms with van der Waals surface area (Å²) < 4.78 is 1.77. The maximum Gasteiger partial charge on any atom is 0.326 e. The third-order valence-electron chi connectivity index (χ3n) is 5.04. The van der Waals surface area contributed by atoms with Crippen molar-refractivity contribution < 1.29 is 24.6 Å². The number of nitrogens with two attached hydrogens (primary N) is 1. The molecule has 3 aromatic rings. The summed E-state index contributed by atoms with van der Waals surface area (Å²) in [6, 6.07) is 6.76. The SMILES string of the molecule is C=CCn1c(CNc2ccc(C(=O)N[C@@H](CCC(=O)O)C(=O)O)cc2)cc2nc(N)[nH]c(=O)c21. The van der Waals surface area contributed by atoms with Crippen LogP contribution >= 0.6 is 0 Å². The predicted molar refractivity (Wildman–Crippen MR) is 124 cm³/mol. The van der Waals surface area contributed by atoms with Gasteiger partial charge in [0, 0.05) is 29.9 Å². The number of aromatic amines is 1. The second-order valence-electron chi connectivity index (χ2n) is 7.45. The number of aliphatic carboxylic acids is 2. The van der Waals surface area contributed by atoms with Gasteiger partial charge in [-0.2, -0.15) is 0 Å². The minimum atomic E-state index is -1.31. The van der Waals surface area contributed by atoms with Gasteiger partial charge in [0.15, 0.2) is 0 Å². The molecule has 7 N–H and O–H groups in total. The predicted octanol–water partition coefficient (Wildman–Crippen LogP) is 1.15. The normalized spacial score (nSPS) is 11.6. The molecule has 1 aromatic carbocycles. The van der Waals surface area contributed by atoms with Gasteiger partial charge in [-0.25, -0.2) is 9.78 Å². The molecule has 12 heteroatoms. The van der Waals surface area contributed by atoms with E-state index in [0.717, 1.165) is 5.69 Å². The van der Waals surface area contributed by atoms with Gasteiger partial charge in [-0.3, -0.25) is 19.4 Å². The first-order valence-corrected chi connectivity index (χ1v) is 10.3. The Morgan fingerprint density at radius 3 is 2.56 bits per heavy atom. The molecule has 1 amide bonds. The number of benzene rings is 1. The van der Waals surface area contributed by atoms with Gasteiger partial charge in [-0.1, -0.05) is 6.08 Å². The number of H-pyrrole nitrogens is 1. The van der Waals surface area contributed by atoms with E-state index < -0.39 is 23.9 Å². The highest BCUT2D eigenvalue weighted by molar-refractivity contribution is 5.97. The largest absolute Gasteiger partial charge is 0.481 e. The van der Waals surface area contributed by atoms with Crippen LogP contribution in [0.4, 0.5) is 11.6 Å². The molecule has 2 aromatic heterocycles. The van der Waals surface area contributed by atoms with Crippen molar-refractivity contribution >= 4 is 40.5 Å². The summed E-state index contributed by atoms with van der Waals surface area (Å²) in [5, 5.41) is 23.4. The smallest absolute Gasteiger partial charge is 0.326 e. The van der Waals surface area contributed by atoms with Crippen LogP contribution < -0.4 is 21.9 Å². The maximum atomic E-state index is 12.4. The fourth-order valence-electron chi connectivity index (χ4n) is 3.43. The van der Waals surface area contributed by atoms with Crippen molar-refractivity contribution in [3.05, 3.63) is 64.6 Å². The number of nitrogen functional groups attached to an aromatic ring is 1. The number of carbonyl (C=O) groups excluding carboxylic acids is 1. The Hall–Kier alpha value is -4.61. The molecule has 34 heavy (non-hydrogen) atoms. The lowest BCUT2D eigenvalue weighted by atomic mass is 10.1. The van der Waals surface area contributed by atoms with E-state index in [0.29, 0.717) is 29.8 Å². The van der Waals surface area contributed by atoms with Gasteiger partial charge in [0.1, 0.15) is 11.6 Å². The quantitative estimate of drug-likeness (QED) is 0.224. The average Bonchev–Trinajstić information content (AvgIpc) is 3.12. The van der Waals surface area contributed by atoms with Gasteiger partial charge in [0.05, 0.1) is 12.1 Å². The maximum absolute atomic E-state index is 12.4. The molecule has 0 aliphatic heterocycles. The summed E-state index contributed by atoms with van der Waals surface area (Å²) in [6.45, 7) is 4.45. The molecule has 0 spiro atoms. The molecule has 0 saturated heterocycles. The van der Waals surface area contributed by atoms with Crippen LogP contribution in [0.25, 0.3) is 11.0 Å². The van der Waals surface area contributed by atoms with Crippen molar-refractivity contribution in [2.45, 2.75) is 32.0 Å². The van der Waals surface area contributed by atoms with Crippen LogP contribution in [0.5, 0.6) is 0 Å². The number of carboxylic acid groups (broad SMARTS) is 2. The molecule has 0 saturated carbocycles. The lowest BCUT2D eigenvalue weighted by Crippen LogP contribution is -2.41. The van der Waals surface area contributed by atoms with Crippen molar-refractivity contribution in [2.75, 3.05) is 11.1 Å². The van der Waals surface area contributed by atoms with Crippen LogP contribution in [0.1, 0.15) is 28.9 Å². The van der Waals surface area contributed by atoms with Gasteiger partial charge in [0.2, 0.25) is 5.95 Å². The molecular weight excluding hydrogens is 444 g/mol. The van der Waals surface area contributed by atoms with E-state index in [4.69, 9.17) is 10.8 Å². The standard InChI is InChI=1S/C22H24N6O6/c1-2-9-28-14(10-16-18(28)20(32)27-22(23)26-16)11-24-13-5-3-12(4-6-13)19(31)25-15(21(33)34)7-8-17(29)30/h2-6,10,15,24H,1,7-9,11H2,(H,25,31)(H,29,30)(H,33,34)(H3,23,26,27,32)/t15-/m0/s1. The number of nitrogens with one attached hydrogen (secondary N) is 3. The van der Waals surface area contributed by atoms with Gasteiger partial charge in [-0.05, 0) is 36.8 Å². The third kappa shape index (κ3) is 5.59. The topological polar surface area (TPSA) is 192 Å². The summed E-state index contributed by atoms with van der Waals surface area (Å²) in [7, 11) is 0. The van der Waals surface area contributed by atoms with Crippen molar-refractivity contribution in [3.63, 3.8) is 0 Å². The number of aromatic nitrogens is 3. The Balaban J connectivity index is 1.70. The number of anilines is 2. The molecule has 0 aliphatic carbocycles. The number of allylic oxidation sites excluding steroid dienone is 1. The summed E-state index contributed by atoms with van der Waals surface area (Å²) in [5.41, 5.74) is 7.79. The van der Waals surface area contributed by atoms with Crippen LogP contribution in [0, 0.1) is 0 Å². The van der Waals surface area contributed by atoms with Crippen LogP contribution in [-0.2, 0) is 22.7 Å². The molecule has 178 valence electrons. The van der Waals surface area contributed by atoms with E-state index >= 15 is 0 Å². The number of fused-ring (bicyclic) bond motifs is 1. The Morgan fingerprint density at radius 1 is 1.24 bits per heavy atom. The lowest BCUT2D eigenvalue weighted by Gasteiger charge is -2.14. The minimum Gasteiger partial charge on any atom is -0.481 e. The first-order chi connectivity index (χ1) is 16.2. The molecule has 2 heterocycles. The molecule has 0 fully saturated rings. The zero-order valence-corrected chi connectivity index (χ0v) is 18.1. The number of nitrogens with zero attached hydrogens (tertiary/aromatic N) is 2. The Labute approximate surface area is 193 Å². The fraction of sp³-hybridized carbons (Fsp3) is 0.227. The van der Waals surface area contributed by atoms with Gasteiger partial charge >= 0.3 is 11.9 Å². The molecule has 0 bridgehead atoms. The first-order valence-electron chi connectivity index (χ1n) is 10.3. The molecular formula is C22H24N6O6. The van der Waals surface area contributed by atoms with E-state index in [-0.39, 0.29) is 29.9 Å². The molecule has 3 rings (SSSR count). The highest BCUT2D eigenvalue weighted by Crippen LogP contribution is 2.18. The highest BCUT2D eigenvalue weighted by Gasteiger charge is 2.21. The number of amides is 1. The number of hydrogen-bond acceptors (Lipinski definition) is 7. The fourth-order valence-corrected chi connectivity index (χ4v) is 3.43. The van der Waals surface area contributed by atoms with E-state index in [2.05, 4.69) is 27.2 Å². The molecule has 0 aliphatic rings. The first kappa shape index (κ1) is 24.0. The monoisotopic (exact) mass is 468 g/mol. The molecule has 0 radical (unpaired) electrons. The van der Waals surface area contributed by atoms with E-state index in [1.165, 1.54) is 12.1 Å². The van der Waals surface area contributed by atoms with Crippen molar-refractivity contribution in [1.82, 2.24) is 19.9 Å². The summed E-state index contributed by atoms with van der Waals surface area (Å²) >= 11 is 0. The zero-order valence-electron chi connectivity index (χ0n) is 18.1. The van der Waals surface area contributed by atoms with E-state index in [9.17, 15) is 24.3 Å². The molecule has 0 unspecified atom stereocenters. The Bertz CT molecular complexity index is 1290. The van der Waals surface area contributed by atoms with E-state index in [1.807, 2.05) is 0 Å². The number of carbonyl (C=O) groups is 3. The summed E-state index contributed by atoms with van der Waals surface area (Å²) in [5.74, 6) is -3.06. The Kier molecular flexibility index (Phi) is 7.31. The van der Waals surface area contributed by atoms with Gasteiger partial charge in [0.25, 0.3) is 11.5 Å². The number of hydrogen-bond donors (Lipinski definition) is 6. The third-order valence-corrected chi connectivity index (χ3v) is 5.04.